The second-order valence-electron chi connectivity index (χ2n) is 3.02. The molecule has 0 unspecified atom stereocenters. The van der Waals surface area contributed by atoms with Crippen LogP contribution in [-0.2, 0) is 0 Å². The first-order valence-corrected chi connectivity index (χ1v) is 4.29. The average Bonchev–Trinajstić information content (AvgIpc) is 2.75. The van der Waals surface area contributed by atoms with Crippen molar-refractivity contribution in [2.75, 3.05) is 5.32 Å². The van der Waals surface area contributed by atoms with Crippen molar-refractivity contribution < 1.29 is 9.32 Å². The molecular weight excluding hydrogens is 198 g/mol. The fourth-order valence-electron chi connectivity index (χ4n) is 1.04. The molecule has 2 rings (SSSR count). The molecule has 0 saturated carbocycles. The average molecular weight is 207 g/mol. The highest BCUT2D eigenvalue weighted by Gasteiger charge is 2.12. The standard InChI is InChI=1S/C8H9N5O2/c1-4-3-6(13-15-4)7(14)10-8-9-5(2)11-12-8/h3H,1-2H3,(H2,9,10,11,12,14). The number of aromatic nitrogens is 4. The van der Waals surface area contributed by atoms with Gasteiger partial charge in [-0.05, 0) is 13.8 Å². The Morgan fingerprint density at radius 2 is 2.33 bits per heavy atom. The summed E-state index contributed by atoms with van der Waals surface area (Å²) in [5, 5.41) is 12.4. The number of carbonyl (C=O) groups is 1. The van der Waals surface area contributed by atoms with Crippen LogP contribution in [0.3, 0.4) is 0 Å². The smallest absolute Gasteiger partial charge is 0.280 e. The number of carbonyl (C=O) groups excluding carboxylic acids is 1. The Kier molecular flexibility index (Phi) is 2.20. The van der Waals surface area contributed by atoms with Crippen LogP contribution in [0.4, 0.5) is 5.95 Å². The molecule has 1 amide bonds. The van der Waals surface area contributed by atoms with Gasteiger partial charge in [-0.25, -0.2) is 0 Å². The van der Waals surface area contributed by atoms with Gasteiger partial charge >= 0.3 is 0 Å². The van der Waals surface area contributed by atoms with Gasteiger partial charge in [-0.3, -0.25) is 15.2 Å². The van der Waals surface area contributed by atoms with Gasteiger partial charge in [0.15, 0.2) is 5.69 Å². The molecule has 0 aliphatic carbocycles. The molecular formula is C8H9N5O2. The summed E-state index contributed by atoms with van der Waals surface area (Å²) in [5.74, 6) is 1.02. The van der Waals surface area contributed by atoms with Gasteiger partial charge in [-0.15, -0.1) is 5.10 Å². The molecule has 2 aromatic rings. The minimum Gasteiger partial charge on any atom is -0.361 e. The van der Waals surface area contributed by atoms with Crippen LogP contribution in [0.5, 0.6) is 0 Å². The number of nitrogens with zero attached hydrogens (tertiary/aromatic N) is 3. The number of hydrogen-bond donors (Lipinski definition) is 2. The van der Waals surface area contributed by atoms with Crippen molar-refractivity contribution >= 4 is 11.9 Å². The summed E-state index contributed by atoms with van der Waals surface area (Å²) in [6, 6.07) is 1.54. The second kappa shape index (κ2) is 3.52. The van der Waals surface area contributed by atoms with Crippen LogP contribution in [0.2, 0.25) is 0 Å². The van der Waals surface area contributed by atoms with Crippen LogP contribution >= 0.6 is 0 Å². The van der Waals surface area contributed by atoms with Crippen molar-refractivity contribution in [2.24, 2.45) is 0 Å². The van der Waals surface area contributed by atoms with Gasteiger partial charge in [-0.2, -0.15) is 4.98 Å². The van der Waals surface area contributed by atoms with Crippen LogP contribution < -0.4 is 5.32 Å². The van der Waals surface area contributed by atoms with E-state index in [4.69, 9.17) is 4.52 Å². The van der Waals surface area contributed by atoms with Crippen LogP contribution in [0.15, 0.2) is 10.6 Å². The summed E-state index contributed by atoms with van der Waals surface area (Å²) >= 11 is 0. The Labute approximate surface area is 84.9 Å². The van der Waals surface area contributed by atoms with E-state index in [1.54, 1.807) is 13.8 Å². The molecule has 0 radical (unpaired) electrons. The van der Waals surface area contributed by atoms with Gasteiger partial charge in [-0.1, -0.05) is 5.16 Å². The molecule has 0 aliphatic heterocycles. The Balaban J connectivity index is 2.10. The predicted octanol–water partition coefficient (Wildman–Crippen LogP) is 0.662. The van der Waals surface area contributed by atoms with Gasteiger partial charge in [0.25, 0.3) is 5.91 Å². The SMILES string of the molecule is Cc1nc(NC(=O)c2cc(C)on2)n[nH]1. The van der Waals surface area contributed by atoms with Crippen LogP contribution in [-0.4, -0.2) is 26.2 Å². The number of anilines is 1. The van der Waals surface area contributed by atoms with Gasteiger partial charge in [0.2, 0.25) is 5.95 Å². The first-order chi connectivity index (χ1) is 7.15. The predicted molar refractivity (Wildman–Crippen MR) is 50.3 cm³/mol. The first kappa shape index (κ1) is 9.38. The highest BCUT2D eigenvalue weighted by molar-refractivity contribution is 6.01. The molecule has 0 spiro atoms. The molecule has 0 saturated heterocycles. The number of aromatic amines is 1. The Morgan fingerprint density at radius 3 is 2.87 bits per heavy atom. The minimum atomic E-state index is -0.397. The van der Waals surface area contributed by atoms with Crippen molar-refractivity contribution in [3.05, 3.63) is 23.3 Å². The molecule has 0 atom stereocenters. The summed E-state index contributed by atoms with van der Waals surface area (Å²) in [5.41, 5.74) is 0.204. The lowest BCUT2D eigenvalue weighted by Crippen LogP contribution is -2.13. The van der Waals surface area contributed by atoms with Crippen LogP contribution in [0.1, 0.15) is 22.1 Å². The fourth-order valence-corrected chi connectivity index (χ4v) is 1.04. The zero-order chi connectivity index (χ0) is 10.8. The Bertz CT molecular complexity index is 487. The minimum absolute atomic E-state index is 0.204. The number of rotatable bonds is 2. The monoisotopic (exact) mass is 207 g/mol. The molecule has 78 valence electrons. The molecule has 0 aromatic carbocycles. The van der Waals surface area contributed by atoms with Gasteiger partial charge in [0.05, 0.1) is 0 Å². The van der Waals surface area contributed by atoms with E-state index in [0.717, 1.165) is 0 Å². The lowest BCUT2D eigenvalue weighted by molar-refractivity contribution is 0.101. The summed E-state index contributed by atoms with van der Waals surface area (Å²) in [6.45, 7) is 3.45. The Hall–Kier alpha value is -2.18. The third-order valence-corrected chi connectivity index (χ3v) is 1.68. The molecule has 0 fully saturated rings. The Morgan fingerprint density at radius 1 is 1.53 bits per heavy atom. The third-order valence-electron chi connectivity index (χ3n) is 1.68. The number of amides is 1. The number of H-pyrrole nitrogens is 1. The van der Waals surface area contributed by atoms with E-state index in [1.165, 1.54) is 6.07 Å². The van der Waals surface area contributed by atoms with Crippen molar-refractivity contribution in [2.45, 2.75) is 13.8 Å². The molecule has 0 bridgehead atoms. The summed E-state index contributed by atoms with van der Waals surface area (Å²) in [6.07, 6.45) is 0. The van der Waals surface area contributed by atoms with E-state index < -0.39 is 5.91 Å². The normalized spacial score (nSPS) is 10.3. The van der Waals surface area contributed by atoms with E-state index in [0.29, 0.717) is 11.6 Å². The largest absolute Gasteiger partial charge is 0.361 e. The van der Waals surface area contributed by atoms with Gasteiger partial charge < -0.3 is 4.52 Å². The highest BCUT2D eigenvalue weighted by atomic mass is 16.5. The highest BCUT2D eigenvalue weighted by Crippen LogP contribution is 2.04. The quantitative estimate of drug-likeness (QED) is 0.754. The van der Waals surface area contributed by atoms with Crippen molar-refractivity contribution in [3.8, 4) is 0 Å². The maximum Gasteiger partial charge on any atom is 0.280 e. The van der Waals surface area contributed by atoms with E-state index in [1.807, 2.05) is 0 Å². The lowest BCUT2D eigenvalue weighted by atomic mass is 10.3. The molecule has 0 aliphatic rings. The fraction of sp³-hybridized carbons (Fsp3) is 0.250. The van der Waals surface area contributed by atoms with E-state index in [9.17, 15) is 4.79 Å². The van der Waals surface area contributed by atoms with E-state index in [-0.39, 0.29) is 11.6 Å². The molecule has 15 heavy (non-hydrogen) atoms. The maximum absolute atomic E-state index is 11.5. The first-order valence-electron chi connectivity index (χ1n) is 4.29. The number of aryl methyl sites for hydroxylation is 2. The van der Waals surface area contributed by atoms with E-state index >= 15 is 0 Å². The molecule has 7 nitrogen and oxygen atoms in total. The number of nitrogens with one attached hydrogen (secondary N) is 2. The zero-order valence-electron chi connectivity index (χ0n) is 8.24. The summed E-state index contributed by atoms with van der Waals surface area (Å²) < 4.78 is 4.77. The van der Waals surface area contributed by atoms with Crippen LogP contribution in [0.25, 0.3) is 0 Å². The summed E-state index contributed by atoms with van der Waals surface area (Å²) in [7, 11) is 0. The van der Waals surface area contributed by atoms with Crippen molar-refractivity contribution in [3.63, 3.8) is 0 Å². The maximum atomic E-state index is 11.5. The molecule has 2 heterocycles. The topological polar surface area (TPSA) is 96.7 Å². The number of hydrogen-bond acceptors (Lipinski definition) is 5. The summed E-state index contributed by atoms with van der Waals surface area (Å²) in [4.78, 5) is 15.4. The molecule has 2 aromatic heterocycles. The zero-order valence-corrected chi connectivity index (χ0v) is 8.24. The molecule has 2 N–H and O–H groups in total. The van der Waals surface area contributed by atoms with Gasteiger partial charge in [0.1, 0.15) is 11.6 Å². The lowest BCUT2D eigenvalue weighted by Gasteiger charge is -1.94. The molecule has 7 heteroatoms. The van der Waals surface area contributed by atoms with Crippen molar-refractivity contribution in [1.82, 2.24) is 20.3 Å². The van der Waals surface area contributed by atoms with E-state index in [2.05, 4.69) is 25.7 Å². The van der Waals surface area contributed by atoms with Crippen molar-refractivity contribution in [1.29, 1.82) is 0 Å². The third kappa shape index (κ3) is 2.01. The van der Waals surface area contributed by atoms with Crippen LogP contribution in [0, 0.1) is 13.8 Å². The van der Waals surface area contributed by atoms with Gasteiger partial charge in [0, 0.05) is 6.07 Å². The second-order valence-corrected chi connectivity index (χ2v) is 3.02.